The molecular weight excluding hydrogens is 517 g/mol. The molecule has 0 unspecified atom stereocenters. The number of hydrogen-bond acceptors (Lipinski definition) is 1. The molecule has 30 heavy (non-hydrogen) atoms. The van der Waals surface area contributed by atoms with E-state index >= 15 is 0 Å². The van der Waals surface area contributed by atoms with E-state index in [2.05, 4.69) is 57.1 Å². The van der Waals surface area contributed by atoms with Crippen LogP contribution in [0.4, 0.5) is 0 Å². The van der Waals surface area contributed by atoms with E-state index in [9.17, 15) is 0 Å². The molecule has 0 amide bonds. The maximum Gasteiger partial charge on any atom is -0.00248 e. The molecule has 0 bridgehead atoms. The third kappa shape index (κ3) is 16.2. The maximum absolute atomic E-state index is 2.46. The van der Waals surface area contributed by atoms with Gasteiger partial charge in [-0.1, -0.05) is 97.4 Å². The number of aryl methyl sites for hydroxylation is 1. The van der Waals surface area contributed by atoms with Crippen LogP contribution in [-0.2, 0) is 6.42 Å². The summed E-state index contributed by atoms with van der Waals surface area (Å²) >= 11 is 0. The van der Waals surface area contributed by atoms with Crippen molar-refractivity contribution >= 4 is 47.2 Å². The molecular formula is C26H50Br2NP. The van der Waals surface area contributed by atoms with E-state index < -0.39 is 0 Å². The first-order valence-corrected chi connectivity index (χ1v) is 13.9. The van der Waals surface area contributed by atoms with Gasteiger partial charge in [0.25, 0.3) is 0 Å². The van der Waals surface area contributed by atoms with Gasteiger partial charge in [0.1, 0.15) is 0 Å². The molecule has 0 aromatic heterocycles. The summed E-state index contributed by atoms with van der Waals surface area (Å²) in [6, 6.07) is 9.43. The van der Waals surface area contributed by atoms with Crippen LogP contribution in [0.1, 0.15) is 96.5 Å². The molecule has 178 valence electrons. The zero-order chi connectivity index (χ0) is 20.5. The highest BCUT2D eigenvalue weighted by Crippen LogP contribution is 2.38. The SMILES string of the molecule is Br.Br.CCCCP(CCCC)c1ccccc1CCCCCCCCCCN(C)C. The highest BCUT2D eigenvalue weighted by atomic mass is 79.9. The van der Waals surface area contributed by atoms with Crippen LogP contribution < -0.4 is 5.30 Å². The second-order valence-corrected chi connectivity index (χ2v) is 11.2. The van der Waals surface area contributed by atoms with Crippen LogP contribution in [0, 0.1) is 0 Å². The van der Waals surface area contributed by atoms with Crippen molar-refractivity contribution in [3.8, 4) is 0 Å². The van der Waals surface area contributed by atoms with Gasteiger partial charge in [0.2, 0.25) is 0 Å². The Hall–Kier alpha value is 0.570. The number of rotatable bonds is 18. The van der Waals surface area contributed by atoms with Gasteiger partial charge in [-0.25, -0.2) is 0 Å². The van der Waals surface area contributed by atoms with Gasteiger partial charge >= 0.3 is 0 Å². The molecule has 0 aliphatic rings. The predicted molar refractivity (Wildman–Crippen MR) is 152 cm³/mol. The van der Waals surface area contributed by atoms with Gasteiger partial charge in [-0.2, -0.15) is 0 Å². The maximum atomic E-state index is 2.46. The van der Waals surface area contributed by atoms with Gasteiger partial charge in [0.05, 0.1) is 0 Å². The Labute approximate surface area is 211 Å². The summed E-state index contributed by atoms with van der Waals surface area (Å²) in [5.41, 5.74) is 1.67. The van der Waals surface area contributed by atoms with Crippen molar-refractivity contribution in [2.24, 2.45) is 0 Å². The minimum absolute atomic E-state index is 0. The summed E-state index contributed by atoms with van der Waals surface area (Å²) < 4.78 is 0. The molecule has 1 rings (SSSR count). The third-order valence-electron chi connectivity index (χ3n) is 5.70. The fraction of sp³-hybridized carbons (Fsp3) is 0.769. The Kier molecular flexibility index (Phi) is 24.8. The predicted octanol–water partition coefficient (Wildman–Crippen LogP) is 8.77. The summed E-state index contributed by atoms with van der Waals surface area (Å²) in [5.74, 6) is 0. The molecule has 0 radical (unpaired) electrons. The number of hydrogen-bond donors (Lipinski definition) is 0. The van der Waals surface area contributed by atoms with Gasteiger partial charge in [-0.15, -0.1) is 34.0 Å². The molecule has 1 aromatic rings. The van der Waals surface area contributed by atoms with Crippen LogP contribution in [0.25, 0.3) is 0 Å². The van der Waals surface area contributed by atoms with E-state index in [4.69, 9.17) is 0 Å². The average molecular weight is 567 g/mol. The topological polar surface area (TPSA) is 3.24 Å². The zero-order valence-electron chi connectivity index (χ0n) is 20.3. The number of halogens is 2. The lowest BCUT2D eigenvalue weighted by Gasteiger charge is -2.21. The van der Waals surface area contributed by atoms with Crippen LogP contribution in [0.15, 0.2) is 24.3 Å². The molecule has 0 heterocycles. The van der Waals surface area contributed by atoms with Crippen molar-refractivity contribution in [3.05, 3.63) is 29.8 Å². The second kappa shape index (κ2) is 22.8. The molecule has 0 saturated carbocycles. The Balaban J connectivity index is 0. The molecule has 1 nitrogen and oxygen atoms in total. The van der Waals surface area contributed by atoms with E-state index in [1.54, 1.807) is 10.9 Å². The lowest BCUT2D eigenvalue weighted by atomic mass is 10.0. The Morgan fingerprint density at radius 1 is 0.667 bits per heavy atom. The van der Waals surface area contributed by atoms with E-state index in [1.165, 1.54) is 102 Å². The largest absolute Gasteiger partial charge is 0.309 e. The first-order valence-electron chi connectivity index (χ1n) is 12.2. The molecule has 0 spiro atoms. The number of unbranched alkanes of at least 4 members (excludes halogenated alkanes) is 9. The van der Waals surface area contributed by atoms with Crippen molar-refractivity contribution in [2.75, 3.05) is 33.0 Å². The molecule has 0 fully saturated rings. The van der Waals surface area contributed by atoms with Crippen LogP contribution in [-0.4, -0.2) is 37.9 Å². The lowest BCUT2D eigenvalue weighted by molar-refractivity contribution is 0.389. The minimum atomic E-state index is 0. The molecule has 0 atom stereocenters. The van der Waals surface area contributed by atoms with E-state index in [-0.39, 0.29) is 41.9 Å². The zero-order valence-corrected chi connectivity index (χ0v) is 24.7. The van der Waals surface area contributed by atoms with E-state index in [0.29, 0.717) is 0 Å². The van der Waals surface area contributed by atoms with Crippen molar-refractivity contribution < 1.29 is 0 Å². The first-order chi connectivity index (χ1) is 13.7. The normalized spacial score (nSPS) is 10.9. The molecule has 0 N–H and O–H groups in total. The summed E-state index contributed by atoms with van der Waals surface area (Å²) in [5, 5.41) is 1.74. The Bertz CT molecular complexity index is 474. The van der Waals surface area contributed by atoms with Gasteiger partial charge in [0.15, 0.2) is 0 Å². The average Bonchev–Trinajstić information content (AvgIpc) is 2.70. The van der Waals surface area contributed by atoms with Gasteiger partial charge < -0.3 is 4.90 Å². The molecule has 4 heteroatoms. The molecule has 0 aliphatic carbocycles. The molecule has 1 aromatic carbocycles. The monoisotopic (exact) mass is 565 g/mol. The summed E-state index contributed by atoms with van der Waals surface area (Å²) in [7, 11) is 4.42. The Morgan fingerprint density at radius 2 is 1.17 bits per heavy atom. The van der Waals surface area contributed by atoms with E-state index in [1.807, 2.05) is 0 Å². The number of benzene rings is 1. The fourth-order valence-corrected chi connectivity index (χ4v) is 6.88. The Morgan fingerprint density at radius 3 is 1.70 bits per heavy atom. The summed E-state index contributed by atoms with van der Waals surface area (Å²) in [4.78, 5) is 2.30. The van der Waals surface area contributed by atoms with Crippen LogP contribution >= 0.6 is 41.9 Å². The highest BCUT2D eigenvalue weighted by molar-refractivity contribution is 8.93. The van der Waals surface area contributed by atoms with Crippen LogP contribution in [0.2, 0.25) is 0 Å². The molecule has 0 saturated heterocycles. The van der Waals surface area contributed by atoms with E-state index in [0.717, 1.165) is 0 Å². The fourth-order valence-electron chi connectivity index (χ4n) is 3.89. The first kappa shape index (κ1) is 32.7. The third-order valence-corrected chi connectivity index (χ3v) is 8.53. The van der Waals surface area contributed by atoms with Gasteiger partial charge in [0, 0.05) is 0 Å². The van der Waals surface area contributed by atoms with Crippen LogP contribution in [0.5, 0.6) is 0 Å². The molecule has 0 aliphatic heterocycles. The number of nitrogens with zero attached hydrogens (tertiary/aromatic N) is 1. The minimum Gasteiger partial charge on any atom is -0.309 e. The second-order valence-electron chi connectivity index (χ2n) is 8.70. The van der Waals surface area contributed by atoms with Crippen molar-refractivity contribution in [2.45, 2.75) is 97.3 Å². The quantitative estimate of drug-likeness (QED) is 0.127. The van der Waals surface area contributed by atoms with Crippen LogP contribution in [0.3, 0.4) is 0 Å². The van der Waals surface area contributed by atoms with Crippen molar-refractivity contribution in [1.82, 2.24) is 4.90 Å². The van der Waals surface area contributed by atoms with Crippen molar-refractivity contribution in [1.29, 1.82) is 0 Å². The smallest absolute Gasteiger partial charge is 0.00248 e. The van der Waals surface area contributed by atoms with Crippen molar-refractivity contribution in [3.63, 3.8) is 0 Å². The summed E-state index contributed by atoms with van der Waals surface area (Å²) in [6.07, 6.45) is 20.9. The van der Waals surface area contributed by atoms with Gasteiger partial charge in [-0.3, -0.25) is 0 Å². The standard InChI is InChI=1S/C26H48NP.2BrH/c1-5-7-23-28(24-8-6-2)26-21-17-16-20-25(26)19-15-13-11-9-10-12-14-18-22-27(3)4;;/h16-17,20-21H,5-15,18-19,22-24H2,1-4H3;2*1H. The lowest BCUT2D eigenvalue weighted by Crippen LogP contribution is -2.12. The van der Waals surface area contributed by atoms with Gasteiger partial charge in [-0.05, 0) is 75.9 Å². The highest BCUT2D eigenvalue weighted by Gasteiger charge is 2.13. The summed E-state index contributed by atoms with van der Waals surface area (Å²) in [6.45, 7) is 5.92.